The zero-order valence-electron chi connectivity index (χ0n) is 25.0. The zero-order chi connectivity index (χ0) is 31.8. The number of methoxy groups -OCH3 is 2. The van der Waals surface area contributed by atoms with Crippen molar-refractivity contribution in [3.05, 3.63) is 87.6 Å². The number of aromatic nitrogens is 2. The van der Waals surface area contributed by atoms with E-state index in [0.717, 1.165) is 27.0 Å². The van der Waals surface area contributed by atoms with E-state index in [-0.39, 0.29) is 29.5 Å². The number of nitrogens with one attached hydrogen (secondary N) is 2. The number of aryl methyl sites for hydroxylation is 1. The van der Waals surface area contributed by atoms with Gasteiger partial charge in [-0.3, -0.25) is 39.2 Å². The number of hydrogen-bond acceptors (Lipinski definition) is 9. The van der Waals surface area contributed by atoms with Crippen molar-refractivity contribution < 1.29 is 28.7 Å². The van der Waals surface area contributed by atoms with E-state index in [9.17, 15) is 24.0 Å². The van der Waals surface area contributed by atoms with Gasteiger partial charge in [-0.25, -0.2) is 0 Å². The summed E-state index contributed by atoms with van der Waals surface area (Å²) < 4.78 is 13.0. The highest BCUT2D eigenvalue weighted by molar-refractivity contribution is 6.24. The second-order valence-electron chi connectivity index (χ2n) is 11.0. The normalized spacial score (nSPS) is 16.2. The van der Waals surface area contributed by atoms with E-state index >= 15 is 0 Å². The lowest BCUT2D eigenvalue weighted by Gasteiger charge is -2.27. The average Bonchev–Trinajstić information content (AvgIpc) is 3.30. The van der Waals surface area contributed by atoms with Crippen molar-refractivity contribution in [1.82, 2.24) is 25.1 Å². The second-order valence-corrected chi connectivity index (χ2v) is 11.0. The summed E-state index contributed by atoms with van der Waals surface area (Å²) in [7, 11) is 4.85. The van der Waals surface area contributed by atoms with Crippen molar-refractivity contribution in [3.63, 3.8) is 0 Å². The fourth-order valence-corrected chi connectivity index (χ4v) is 6.09. The number of piperidine rings is 1. The number of carbonyl (C=O) groups excluding carboxylic acids is 4. The Balaban J connectivity index is 1.21. The van der Waals surface area contributed by atoms with Gasteiger partial charge < -0.3 is 19.4 Å². The molecule has 230 valence electrons. The lowest BCUT2D eigenvalue weighted by atomic mass is 9.98. The van der Waals surface area contributed by atoms with Gasteiger partial charge in [0.1, 0.15) is 17.5 Å². The van der Waals surface area contributed by atoms with Crippen LogP contribution in [0.4, 0.5) is 0 Å². The molecule has 4 heterocycles. The molecule has 0 bridgehead atoms. The summed E-state index contributed by atoms with van der Waals surface area (Å²) in [5, 5.41) is 6.88. The Morgan fingerprint density at radius 1 is 0.978 bits per heavy atom. The lowest BCUT2D eigenvalue weighted by Crippen LogP contribution is -2.54. The molecule has 4 aromatic rings. The van der Waals surface area contributed by atoms with Crippen molar-refractivity contribution in [2.45, 2.75) is 31.8 Å². The predicted molar refractivity (Wildman–Crippen MR) is 164 cm³/mol. The first kappa shape index (κ1) is 29.7. The van der Waals surface area contributed by atoms with Crippen molar-refractivity contribution in [3.8, 4) is 22.6 Å². The molecule has 2 N–H and O–H groups in total. The average molecular weight is 610 g/mol. The maximum Gasteiger partial charge on any atom is 0.262 e. The van der Waals surface area contributed by atoms with Crippen LogP contribution in [-0.2, 0) is 29.6 Å². The molecule has 0 spiro atoms. The molecular formula is C33H31N5O7. The van der Waals surface area contributed by atoms with Gasteiger partial charge in [0.25, 0.3) is 17.4 Å². The number of imide groups is 2. The van der Waals surface area contributed by atoms with E-state index in [1.807, 2.05) is 18.2 Å². The van der Waals surface area contributed by atoms with Crippen LogP contribution in [-0.4, -0.2) is 64.9 Å². The van der Waals surface area contributed by atoms with E-state index in [1.165, 1.54) is 4.57 Å². The molecule has 1 saturated heterocycles. The van der Waals surface area contributed by atoms with E-state index in [2.05, 4.69) is 15.6 Å². The Kier molecular flexibility index (Phi) is 7.90. The summed E-state index contributed by atoms with van der Waals surface area (Å²) in [4.78, 5) is 68.4. The minimum absolute atomic E-state index is 0.0631. The molecule has 6 rings (SSSR count). The Morgan fingerprint density at radius 3 is 2.44 bits per heavy atom. The molecule has 12 nitrogen and oxygen atoms in total. The van der Waals surface area contributed by atoms with Gasteiger partial charge in [-0.15, -0.1) is 0 Å². The van der Waals surface area contributed by atoms with Gasteiger partial charge in [0.15, 0.2) is 0 Å². The molecule has 2 aromatic heterocycles. The molecule has 1 fully saturated rings. The third-order valence-electron chi connectivity index (χ3n) is 8.33. The summed E-state index contributed by atoms with van der Waals surface area (Å²) >= 11 is 0. The number of ether oxygens (including phenoxy) is 2. The van der Waals surface area contributed by atoms with Crippen molar-refractivity contribution in [2.75, 3.05) is 20.8 Å². The number of rotatable bonds is 9. The van der Waals surface area contributed by atoms with Gasteiger partial charge in [0.2, 0.25) is 11.8 Å². The van der Waals surface area contributed by atoms with E-state index in [1.54, 1.807) is 58.1 Å². The number of carbonyl (C=O) groups is 4. The quantitative estimate of drug-likeness (QED) is 0.215. The molecule has 0 saturated carbocycles. The number of fused-ring (bicyclic) bond motifs is 2. The smallest absolute Gasteiger partial charge is 0.262 e. The van der Waals surface area contributed by atoms with Crippen molar-refractivity contribution >= 4 is 34.4 Å². The Bertz CT molecular complexity index is 1920. The van der Waals surface area contributed by atoms with Crippen LogP contribution in [0.1, 0.15) is 44.7 Å². The summed E-state index contributed by atoms with van der Waals surface area (Å²) in [6.45, 7) is 0.845. The monoisotopic (exact) mass is 609 g/mol. The number of nitrogens with zero attached hydrogens (tertiary/aromatic N) is 3. The molecule has 4 amide bonds. The summed E-state index contributed by atoms with van der Waals surface area (Å²) in [5.41, 5.74) is 3.50. The van der Waals surface area contributed by atoms with Gasteiger partial charge >= 0.3 is 0 Å². The van der Waals surface area contributed by atoms with Crippen LogP contribution < -0.4 is 25.7 Å². The van der Waals surface area contributed by atoms with Crippen molar-refractivity contribution in [1.29, 1.82) is 0 Å². The SMILES string of the molecule is COc1cc(-c2cn(C)c(=O)c3cnccc23)cc(OC)c1CNCCc1cccc2c1C(=O)N(C1CCC(=O)NC1=O)C2=O. The number of pyridine rings is 2. The van der Waals surface area contributed by atoms with E-state index < -0.39 is 29.7 Å². The first-order chi connectivity index (χ1) is 21.7. The molecule has 1 unspecified atom stereocenters. The van der Waals surface area contributed by atoms with Crippen LogP contribution in [0.2, 0.25) is 0 Å². The molecule has 0 radical (unpaired) electrons. The van der Waals surface area contributed by atoms with Gasteiger partial charge in [-0.2, -0.15) is 0 Å². The molecule has 12 heteroatoms. The number of amides is 4. The Hall–Kier alpha value is -5.36. The van der Waals surface area contributed by atoms with Crippen LogP contribution in [0.15, 0.2) is 59.8 Å². The van der Waals surface area contributed by atoms with Gasteiger partial charge in [0.05, 0.1) is 30.7 Å². The highest BCUT2D eigenvalue weighted by atomic mass is 16.5. The van der Waals surface area contributed by atoms with E-state index in [0.29, 0.717) is 42.0 Å². The van der Waals surface area contributed by atoms with Crippen molar-refractivity contribution in [2.24, 2.45) is 7.05 Å². The molecule has 1 atom stereocenters. The Morgan fingerprint density at radius 2 is 1.73 bits per heavy atom. The van der Waals surface area contributed by atoms with Gasteiger partial charge in [0, 0.05) is 49.7 Å². The molecule has 2 aliphatic rings. The van der Waals surface area contributed by atoms with Crippen LogP contribution >= 0.6 is 0 Å². The first-order valence-electron chi connectivity index (χ1n) is 14.5. The minimum Gasteiger partial charge on any atom is -0.496 e. The summed E-state index contributed by atoms with van der Waals surface area (Å²) in [6.07, 6.45) is 5.59. The fraction of sp³-hybridized carbons (Fsp3) is 0.273. The molecule has 2 aliphatic heterocycles. The standard InChI is InChI=1S/C33H31N5O7/c1-37-17-24(20-10-12-35-15-22(20)31(37)41)19-13-26(44-2)23(27(14-19)45-3)16-34-11-9-18-5-4-6-21-29(18)33(43)38(32(21)42)25-7-8-28(39)36-30(25)40/h4-6,10,12-15,17,25,34H,7-9,11,16H2,1-3H3,(H,36,39,40). The lowest BCUT2D eigenvalue weighted by molar-refractivity contribution is -0.136. The zero-order valence-corrected chi connectivity index (χ0v) is 25.0. The third kappa shape index (κ3) is 5.22. The molecule has 2 aromatic carbocycles. The first-order valence-corrected chi connectivity index (χ1v) is 14.5. The maximum absolute atomic E-state index is 13.4. The third-order valence-corrected chi connectivity index (χ3v) is 8.33. The highest BCUT2D eigenvalue weighted by Gasteiger charge is 2.45. The predicted octanol–water partition coefficient (Wildman–Crippen LogP) is 2.35. The highest BCUT2D eigenvalue weighted by Crippen LogP contribution is 2.37. The van der Waals surface area contributed by atoms with E-state index in [4.69, 9.17) is 9.47 Å². The van der Waals surface area contributed by atoms with Crippen LogP contribution in [0.5, 0.6) is 11.5 Å². The van der Waals surface area contributed by atoms with Gasteiger partial charge in [-0.1, -0.05) is 12.1 Å². The van der Waals surface area contributed by atoms with Crippen LogP contribution in [0.25, 0.3) is 21.9 Å². The van der Waals surface area contributed by atoms with Crippen LogP contribution in [0, 0.1) is 0 Å². The molecular weight excluding hydrogens is 578 g/mol. The minimum atomic E-state index is -1.01. The Labute approximate surface area is 258 Å². The second kappa shape index (κ2) is 12.0. The molecule has 0 aliphatic carbocycles. The largest absolute Gasteiger partial charge is 0.496 e. The fourth-order valence-electron chi connectivity index (χ4n) is 6.09. The van der Waals surface area contributed by atoms with Crippen LogP contribution in [0.3, 0.4) is 0 Å². The van der Waals surface area contributed by atoms with Gasteiger partial charge in [-0.05, 0) is 60.2 Å². The number of hydrogen-bond donors (Lipinski definition) is 2. The number of benzene rings is 2. The topological polar surface area (TPSA) is 149 Å². The summed E-state index contributed by atoms with van der Waals surface area (Å²) in [6, 6.07) is 9.69. The summed E-state index contributed by atoms with van der Waals surface area (Å²) in [5.74, 6) is -0.930. The maximum atomic E-state index is 13.4. The molecule has 45 heavy (non-hydrogen) atoms.